The Kier molecular flexibility index (Phi) is 6.02. The van der Waals surface area contributed by atoms with Gasteiger partial charge in [0.25, 0.3) is 5.91 Å². The predicted octanol–water partition coefficient (Wildman–Crippen LogP) is 3.64. The summed E-state index contributed by atoms with van der Waals surface area (Å²) in [6, 6.07) is 20.6. The smallest absolute Gasteiger partial charge is 0.251 e. The first kappa shape index (κ1) is 19.0. The molecular formula is C23H23N3O3. The van der Waals surface area contributed by atoms with E-state index in [1.165, 1.54) is 0 Å². The Bertz CT molecular complexity index is 939. The van der Waals surface area contributed by atoms with Gasteiger partial charge >= 0.3 is 0 Å². The highest BCUT2D eigenvalue weighted by molar-refractivity contribution is 5.94. The van der Waals surface area contributed by atoms with Gasteiger partial charge in [-0.3, -0.25) is 4.79 Å². The zero-order chi connectivity index (χ0) is 19.9. The van der Waals surface area contributed by atoms with Crippen LogP contribution in [0.5, 0.6) is 11.5 Å². The molecule has 0 unspecified atom stereocenters. The largest absolute Gasteiger partial charge is 0.457 e. The van der Waals surface area contributed by atoms with Gasteiger partial charge in [-0.2, -0.15) is 0 Å². The minimum Gasteiger partial charge on any atom is -0.457 e. The second kappa shape index (κ2) is 9.21. The Labute approximate surface area is 170 Å². The molecule has 1 aliphatic rings. The van der Waals surface area contributed by atoms with Gasteiger partial charge in [0.2, 0.25) is 0 Å². The van der Waals surface area contributed by atoms with Gasteiger partial charge in [-0.1, -0.05) is 24.3 Å². The molecule has 1 aromatic heterocycles. The van der Waals surface area contributed by atoms with Crippen LogP contribution in [0.15, 0.2) is 72.9 Å². The molecule has 0 bridgehead atoms. The SMILES string of the molecule is O=C(NCc1cccnc1N1CCOCC1)c1ccc(Oc2ccccc2)cc1. The van der Waals surface area contributed by atoms with Gasteiger partial charge in [-0.05, 0) is 42.5 Å². The van der Waals surface area contributed by atoms with Gasteiger partial charge in [0.1, 0.15) is 17.3 Å². The lowest BCUT2D eigenvalue weighted by Gasteiger charge is -2.29. The molecule has 1 N–H and O–H groups in total. The van der Waals surface area contributed by atoms with Crippen LogP contribution in [0.25, 0.3) is 0 Å². The lowest BCUT2D eigenvalue weighted by atomic mass is 10.2. The maximum Gasteiger partial charge on any atom is 0.251 e. The van der Waals surface area contributed by atoms with Gasteiger partial charge in [-0.25, -0.2) is 4.98 Å². The highest BCUT2D eigenvalue weighted by Crippen LogP contribution is 2.22. The summed E-state index contributed by atoms with van der Waals surface area (Å²) in [7, 11) is 0. The van der Waals surface area contributed by atoms with Crippen molar-refractivity contribution in [3.63, 3.8) is 0 Å². The fourth-order valence-electron chi connectivity index (χ4n) is 3.20. The Hall–Kier alpha value is -3.38. The van der Waals surface area contributed by atoms with Crippen molar-refractivity contribution in [2.45, 2.75) is 6.54 Å². The number of nitrogens with one attached hydrogen (secondary N) is 1. The number of anilines is 1. The molecule has 0 aliphatic carbocycles. The number of rotatable bonds is 6. The number of carbonyl (C=O) groups excluding carboxylic acids is 1. The van der Waals surface area contributed by atoms with Crippen LogP contribution in [0.3, 0.4) is 0 Å². The van der Waals surface area contributed by atoms with Crippen LogP contribution in [-0.4, -0.2) is 37.2 Å². The number of pyridine rings is 1. The van der Waals surface area contributed by atoms with E-state index in [2.05, 4.69) is 15.2 Å². The molecule has 0 atom stereocenters. The topological polar surface area (TPSA) is 63.7 Å². The van der Waals surface area contributed by atoms with Crippen LogP contribution in [0.4, 0.5) is 5.82 Å². The average Bonchev–Trinajstić information content (AvgIpc) is 2.79. The summed E-state index contributed by atoms with van der Waals surface area (Å²) in [5, 5.41) is 2.99. The van der Waals surface area contributed by atoms with Crippen molar-refractivity contribution in [1.82, 2.24) is 10.3 Å². The molecule has 6 heteroatoms. The number of hydrogen-bond donors (Lipinski definition) is 1. The molecular weight excluding hydrogens is 366 g/mol. The summed E-state index contributed by atoms with van der Waals surface area (Å²) >= 11 is 0. The predicted molar refractivity (Wildman–Crippen MR) is 111 cm³/mol. The number of carbonyl (C=O) groups is 1. The van der Waals surface area contributed by atoms with E-state index in [1.54, 1.807) is 30.5 Å². The third-order valence-electron chi connectivity index (χ3n) is 4.71. The van der Waals surface area contributed by atoms with Crippen molar-refractivity contribution in [2.24, 2.45) is 0 Å². The lowest BCUT2D eigenvalue weighted by Crippen LogP contribution is -2.37. The summed E-state index contributed by atoms with van der Waals surface area (Å²) in [4.78, 5) is 19.3. The minimum absolute atomic E-state index is 0.131. The molecule has 1 fully saturated rings. The van der Waals surface area contributed by atoms with Gasteiger partial charge in [0.15, 0.2) is 0 Å². The van der Waals surface area contributed by atoms with Crippen molar-refractivity contribution in [3.8, 4) is 11.5 Å². The molecule has 0 spiro atoms. The normalized spacial score (nSPS) is 13.7. The lowest BCUT2D eigenvalue weighted by molar-refractivity contribution is 0.0950. The molecule has 29 heavy (non-hydrogen) atoms. The minimum atomic E-state index is -0.131. The second-order valence-corrected chi connectivity index (χ2v) is 6.71. The maximum atomic E-state index is 12.6. The zero-order valence-corrected chi connectivity index (χ0v) is 16.1. The Morgan fingerprint density at radius 1 is 0.966 bits per heavy atom. The maximum absolute atomic E-state index is 12.6. The fourth-order valence-corrected chi connectivity index (χ4v) is 3.20. The van der Waals surface area contributed by atoms with Crippen molar-refractivity contribution < 1.29 is 14.3 Å². The first-order valence-corrected chi connectivity index (χ1v) is 9.67. The quantitative estimate of drug-likeness (QED) is 0.697. The summed E-state index contributed by atoms with van der Waals surface area (Å²) in [5.74, 6) is 2.22. The summed E-state index contributed by atoms with van der Waals surface area (Å²) < 4.78 is 11.2. The average molecular weight is 389 g/mol. The van der Waals surface area contributed by atoms with Crippen LogP contribution in [0.2, 0.25) is 0 Å². The number of amides is 1. The molecule has 2 heterocycles. The second-order valence-electron chi connectivity index (χ2n) is 6.71. The summed E-state index contributed by atoms with van der Waals surface area (Å²) in [6.07, 6.45) is 1.78. The van der Waals surface area contributed by atoms with Crippen molar-refractivity contribution in [1.29, 1.82) is 0 Å². The molecule has 4 rings (SSSR count). The van der Waals surface area contributed by atoms with E-state index in [0.29, 0.717) is 31.1 Å². The van der Waals surface area contributed by atoms with E-state index < -0.39 is 0 Å². The van der Waals surface area contributed by atoms with E-state index in [-0.39, 0.29) is 5.91 Å². The summed E-state index contributed by atoms with van der Waals surface area (Å²) in [5.41, 5.74) is 1.58. The fraction of sp³-hybridized carbons (Fsp3) is 0.217. The Morgan fingerprint density at radius 2 is 1.69 bits per heavy atom. The van der Waals surface area contributed by atoms with Crippen LogP contribution in [-0.2, 0) is 11.3 Å². The number of ether oxygens (including phenoxy) is 2. The van der Waals surface area contributed by atoms with Gasteiger partial charge in [0.05, 0.1) is 13.2 Å². The molecule has 1 amide bonds. The highest BCUT2D eigenvalue weighted by atomic mass is 16.5. The first-order chi connectivity index (χ1) is 14.3. The molecule has 6 nitrogen and oxygen atoms in total. The zero-order valence-electron chi connectivity index (χ0n) is 16.1. The number of morpholine rings is 1. The van der Waals surface area contributed by atoms with Crippen molar-refractivity contribution in [3.05, 3.63) is 84.1 Å². The standard InChI is InChI=1S/C23H23N3O3/c27-23(18-8-10-21(11-9-18)29-20-6-2-1-3-7-20)25-17-19-5-4-12-24-22(19)26-13-15-28-16-14-26/h1-12H,13-17H2,(H,25,27). The van der Waals surface area contributed by atoms with E-state index in [9.17, 15) is 4.79 Å². The number of aromatic nitrogens is 1. The number of hydrogen-bond acceptors (Lipinski definition) is 5. The van der Waals surface area contributed by atoms with Crippen LogP contribution < -0.4 is 15.0 Å². The Morgan fingerprint density at radius 3 is 2.45 bits per heavy atom. The van der Waals surface area contributed by atoms with Crippen molar-refractivity contribution >= 4 is 11.7 Å². The summed E-state index contributed by atoms with van der Waals surface area (Å²) in [6.45, 7) is 3.42. The molecule has 2 aromatic carbocycles. The van der Waals surface area contributed by atoms with Gasteiger partial charge in [-0.15, -0.1) is 0 Å². The highest BCUT2D eigenvalue weighted by Gasteiger charge is 2.16. The van der Waals surface area contributed by atoms with E-state index in [1.807, 2.05) is 42.5 Å². The molecule has 3 aromatic rings. The molecule has 1 aliphatic heterocycles. The Balaban J connectivity index is 1.37. The van der Waals surface area contributed by atoms with Gasteiger partial charge < -0.3 is 19.7 Å². The van der Waals surface area contributed by atoms with Crippen LogP contribution >= 0.6 is 0 Å². The molecule has 148 valence electrons. The molecule has 0 saturated carbocycles. The molecule has 1 saturated heterocycles. The van der Waals surface area contributed by atoms with E-state index >= 15 is 0 Å². The number of benzene rings is 2. The number of para-hydroxylation sites is 1. The van der Waals surface area contributed by atoms with Crippen molar-refractivity contribution in [2.75, 3.05) is 31.2 Å². The van der Waals surface area contributed by atoms with Crippen LogP contribution in [0.1, 0.15) is 15.9 Å². The number of nitrogens with zero attached hydrogens (tertiary/aromatic N) is 2. The first-order valence-electron chi connectivity index (χ1n) is 9.67. The van der Waals surface area contributed by atoms with E-state index in [0.717, 1.165) is 30.2 Å². The third-order valence-corrected chi connectivity index (χ3v) is 4.71. The monoisotopic (exact) mass is 389 g/mol. The third kappa shape index (κ3) is 4.92. The molecule has 0 radical (unpaired) electrons. The van der Waals surface area contributed by atoms with Crippen LogP contribution in [0, 0.1) is 0 Å². The van der Waals surface area contributed by atoms with Gasteiger partial charge in [0, 0.05) is 37.0 Å². The van der Waals surface area contributed by atoms with E-state index in [4.69, 9.17) is 9.47 Å².